The fourth-order valence-corrected chi connectivity index (χ4v) is 9.91. The molecule has 0 aromatic heterocycles. The van der Waals surface area contributed by atoms with E-state index in [4.69, 9.17) is 0 Å². The molecule has 3 nitrogen and oxygen atoms in total. The lowest BCUT2D eigenvalue weighted by atomic mass is 9.56. The summed E-state index contributed by atoms with van der Waals surface area (Å²) < 4.78 is 0. The summed E-state index contributed by atoms with van der Waals surface area (Å²) >= 11 is 2.07. The summed E-state index contributed by atoms with van der Waals surface area (Å²) in [6.07, 6.45) is 11.3. The third-order valence-electron chi connectivity index (χ3n) is 11.2. The molecule has 2 aromatic carbocycles. The van der Waals surface area contributed by atoms with Crippen molar-refractivity contribution in [3.8, 4) is 0 Å². The highest BCUT2D eigenvalue weighted by atomic mass is 32.2. The zero-order chi connectivity index (χ0) is 26.4. The molecule has 4 fully saturated rings. The average Bonchev–Trinajstić information content (AvgIpc) is 3.58. The van der Waals surface area contributed by atoms with E-state index < -0.39 is 0 Å². The molecule has 0 amide bonds. The highest BCUT2D eigenvalue weighted by molar-refractivity contribution is 8.00. The maximum atomic E-state index is 2.86. The highest BCUT2D eigenvalue weighted by Crippen LogP contribution is 2.54. The van der Waals surface area contributed by atoms with Gasteiger partial charge in [0.25, 0.3) is 0 Å². The first-order valence-corrected chi connectivity index (χ1v) is 17.1. The third kappa shape index (κ3) is 5.19. The Labute approximate surface area is 241 Å². The lowest BCUT2D eigenvalue weighted by molar-refractivity contribution is 0.0144. The molecule has 0 spiro atoms. The van der Waals surface area contributed by atoms with Gasteiger partial charge in [-0.05, 0) is 106 Å². The van der Waals surface area contributed by atoms with Crippen LogP contribution in [-0.2, 0) is 12.0 Å². The van der Waals surface area contributed by atoms with Gasteiger partial charge in [0.1, 0.15) is 0 Å². The van der Waals surface area contributed by atoms with Gasteiger partial charge in [0.15, 0.2) is 0 Å². The van der Waals surface area contributed by atoms with E-state index in [1.807, 2.05) is 0 Å². The Kier molecular flexibility index (Phi) is 7.49. The summed E-state index contributed by atoms with van der Waals surface area (Å²) in [5.74, 6) is 2.50. The minimum absolute atomic E-state index is 0.360. The first kappa shape index (κ1) is 26.4. The van der Waals surface area contributed by atoms with E-state index in [-0.39, 0.29) is 0 Å². The molecule has 4 heteroatoms. The largest absolute Gasteiger partial charge is 0.371 e. The van der Waals surface area contributed by atoms with Crippen LogP contribution >= 0.6 is 11.8 Å². The van der Waals surface area contributed by atoms with Crippen molar-refractivity contribution >= 4 is 17.4 Å². The van der Waals surface area contributed by atoms with Crippen LogP contribution in [-0.4, -0.2) is 60.4 Å². The van der Waals surface area contributed by atoms with Crippen LogP contribution in [0.3, 0.4) is 0 Å². The Morgan fingerprint density at radius 3 is 2.38 bits per heavy atom. The van der Waals surface area contributed by atoms with Gasteiger partial charge in [0.05, 0.1) is 0 Å². The molecule has 3 atom stereocenters. The van der Waals surface area contributed by atoms with Crippen molar-refractivity contribution in [2.45, 2.75) is 93.4 Å². The molecule has 3 aliphatic heterocycles. The molecule has 0 N–H and O–H groups in total. The Bertz CT molecular complexity index is 1120. The van der Waals surface area contributed by atoms with Crippen LogP contribution in [0.1, 0.15) is 76.3 Å². The summed E-state index contributed by atoms with van der Waals surface area (Å²) in [7, 11) is 0. The van der Waals surface area contributed by atoms with Crippen molar-refractivity contribution in [3.05, 3.63) is 59.7 Å². The minimum atomic E-state index is 0.360. The van der Waals surface area contributed by atoms with Crippen molar-refractivity contribution in [3.63, 3.8) is 0 Å². The van der Waals surface area contributed by atoms with Gasteiger partial charge >= 0.3 is 0 Å². The second-order valence-electron chi connectivity index (χ2n) is 13.6. The van der Waals surface area contributed by atoms with E-state index in [1.54, 1.807) is 11.1 Å². The number of piperidine rings is 1. The monoisotopic (exact) mass is 543 g/mol. The molecule has 7 rings (SSSR count). The smallest absolute Gasteiger partial charge is 0.0367 e. The van der Waals surface area contributed by atoms with Crippen LogP contribution in [0.25, 0.3) is 0 Å². The first-order chi connectivity index (χ1) is 19.1. The number of thioether (sulfide) groups is 1. The number of likely N-dealkylation sites (tertiary alicyclic amines) is 1. The second kappa shape index (κ2) is 11.1. The van der Waals surface area contributed by atoms with E-state index in [9.17, 15) is 0 Å². The predicted octanol–water partition coefficient (Wildman–Crippen LogP) is 7.44. The molecule has 2 aromatic rings. The minimum Gasteiger partial charge on any atom is -0.371 e. The zero-order valence-corrected chi connectivity index (χ0v) is 25.2. The molecule has 2 saturated heterocycles. The Balaban J connectivity index is 1.01. The summed E-state index contributed by atoms with van der Waals surface area (Å²) in [6, 6.07) is 19.7. The SMILES string of the molecule is CCN1Cc2ccccc2C(C2CCCC2)(C2CCN(CC3CN(c4ccc(SC5CC5)cc4)C3)C(C)C2)C1. The van der Waals surface area contributed by atoms with Gasteiger partial charge in [0, 0.05) is 65.9 Å². The van der Waals surface area contributed by atoms with E-state index >= 15 is 0 Å². The maximum absolute atomic E-state index is 2.86. The van der Waals surface area contributed by atoms with Gasteiger partial charge in [-0.2, -0.15) is 0 Å². The highest BCUT2D eigenvalue weighted by Gasteiger charge is 2.52. The number of nitrogens with zero attached hydrogens (tertiary/aromatic N) is 3. The Hall–Kier alpha value is -1.49. The van der Waals surface area contributed by atoms with Crippen LogP contribution in [0.2, 0.25) is 0 Å². The predicted molar refractivity (Wildman–Crippen MR) is 166 cm³/mol. The lowest BCUT2D eigenvalue weighted by Crippen LogP contribution is -2.59. The van der Waals surface area contributed by atoms with Crippen molar-refractivity contribution in [1.82, 2.24) is 9.80 Å². The fraction of sp³-hybridized carbons (Fsp3) is 0.657. The molecular formula is C35H49N3S. The van der Waals surface area contributed by atoms with Gasteiger partial charge in [-0.25, -0.2) is 0 Å². The topological polar surface area (TPSA) is 9.72 Å². The summed E-state index contributed by atoms with van der Waals surface area (Å²) in [6.45, 7) is 13.6. The number of fused-ring (bicyclic) bond motifs is 1. The summed E-state index contributed by atoms with van der Waals surface area (Å²) in [5.41, 5.74) is 5.15. The molecule has 0 bridgehead atoms. The quantitative estimate of drug-likeness (QED) is 0.342. The Morgan fingerprint density at radius 1 is 0.897 bits per heavy atom. The molecule has 0 radical (unpaired) electrons. The van der Waals surface area contributed by atoms with E-state index in [0.29, 0.717) is 11.5 Å². The maximum Gasteiger partial charge on any atom is 0.0367 e. The molecule has 3 unspecified atom stereocenters. The normalized spacial score (nSPS) is 30.9. The molecule has 2 saturated carbocycles. The molecule has 3 heterocycles. The number of hydrogen-bond donors (Lipinski definition) is 0. The van der Waals surface area contributed by atoms with Crippen LogP contribution < -0.4 is 4.90 Å². The summed E-state index contributed by atoms with van der Waals surface area (Å²) in [5, 5.41) is 0.891. The van der Waals surface area contributed by atoms with E-state index in [0.717, 1.165) is 29.5 Å². The van der Waals surface area contributed by atoms with Crippen LogP contribution in [0, 0.1) is 17.8 Å². The van der Waals surface area contributed by atoms with Crippen molar-refractivity contribution < 1.29 is 0 Å². The third-order valence-corrected chi connectivity index (χ3v) is 12.5. The number of benzene rings is 2. The molecular weight excluding hydrogens is 494 g/mol. The summed E-state index contributed by atoms with van der Waals surface area (Å²) in [4.78, 5) is 9.69. The zero-order valence-electron chi connectivity index (χ0n) is 24.4. The number of rotatable bonds is 8. The number of anilines is 1. The van der Waals surface area contributed by atoms with Gasteiger partial charge in [-0.15, -0.1) is 11.8 Å². The average molecular weight is 544 g/mol. The van der Waals surface area contributed by atoms with Crippen LogP contribution in [0.5, 0.6) is 0 Å². The van der Waals surface area contributed by atoms with E-state index in [1.165, 1.54) is 101 Å². The van der Waals surface area contributed by atoms with Crippen molar-refractivity contribution in [2.75, 3.05) is 44.2 Å². The fourth-order valence-electron chi connectivity index (χ4n) is 8.86. The molecule has 39 heavy (non-hydrogen) atoms. The van der Waals surface area contributed by atoms with Gasteiger partial charge in [-0.3, -0.25) is 4.90 Å². The van der Waals surface area contributed by atoms with Crippen molar-refractivity contribution in [1.29, 1.82) is 0 Å². The number of hydrogen-bond acceptors (Lipinski definition) is 4. The molecule has 210 valence electrons. The molecule has 2 aliphatic carbocycles. The second-order valence-corrected chi connectivity index (χ2v) is 15.0. The molecule has 5 aliphatic rings. The van der Waals surface area contributed by atoms with Gasteiger partial charge in [-0.1, -0.05) is 44.0 Å². The van der Waals surface area contributed by atoms with Gasteiger partial charge in [0.2, 0.25) is 0 Å². The van der Waals surface area contributed by atoms with E-state index in [2.05, 4.69) is 88.8 Å². The standard InChI is InChI=1S/C35H49N3S/c1-3-36-24-28-8-4-7-11-34(28)35(25-36,29-9-5-6-10-29)30-18-19-37(26(2)20-30)21-27-22-38(23-27)31-12-14-32(15-13-31)39-33-16-17-33/h4,7-8,11-15,26-27,29-30,33H,3,5-6,9-10,16-25H2,1-2H3. The van der Waals surface area contributed by atoms with Crippen LogP contribution in [0.4, 0.5) is 5.69 Å². The van der Waals surface area contributed by atoms with Crippen LogP contribution in [0.15, 0.2) is 53.4 Å². The lowest BCUT2D eigenvalue weighted by Gasteiger charge is -2.55. The Morgan fingerprint density at radius 2 is 1.67 bits per heavy atom. The van der Waals surface area contributed by atoms with Crippen molar-refractivity contribution in [2.24, 2.45) is 17.8 Å². The van der Waals surface area contributed by atoms with Gasteiger partial charge < -0.3 is 9.80 Å². The first-order valence-electron chi connectivity index (χ1n) is 16.2. The number of likely N-dealkylation sites (N-methyl/N-ethyl adjacent to an activating group) is 1.